The second-order valence-electron chi connectivity index (χ2n) is 5.65. The third-order valence-corrected chi connectivity index (χ3v) is 4.49. The average Bonchev–Trinajstić information content (AvgIpc) is 2.96. The average molecular weight is 274 g/mol. The molecule has 2 aliphatic heterocycles. The molecule has 2 atom stereocenters. The van der Waals surface area contributed by atoms with E-state index < -0.39 is 0 Å². The summed E-state index contributed by atoms with van der Waals surface area (Å²) >= 11 is 0. The molecule has 3 N–H and O–H groups in total. The lowest BCUT2D eigenvalue weighted by Gasteiger charge is -2.41. The predicted octanol–water partition coefficient (Wildman–Crippen LogP) is 0.498. The Morgan fingerprint density at radius 3 is 2.80 bits per heavy atom. The molecule has 2 heterocycles. The van der Waals surface area contributed by atoms with Crippen LogP contribution in [0.2, 0.25) is 0 Å². The zero-order chi connectivity index (χ0) is 13.9. The fourth-order valence-electron chi connectivity index (χ4n) is 3.49. The molecule has 0 bridgehead atoms. The lowest BCUT2D eigenvalue weighted by molar-refractivity contribution is -0.127. The van der Waals surface area contributed by atoms with E-state index in [9.17, 15) is 4.79 Å². The van der Waals surface area contributed by atoms with E-state index in [1.165, 1.54) is 19.4 Å². The Morgan fingerprint density at radius 1 is 1.25 bits per heavy atom. The molecular formula is C15H22N4O. The van der Waals surface area contributed by atoms with Crippen molar-refractivity contribution in [2.24, 2.45) is 5.84 Å². The first-order valence-corrected chi connectivity index (χ1v) is 7.33. The molecule has 5 heteroatoms. The van der Waals surface area contributed by atoms with Crippen molar-refractivity contribution in [3.63, 3.8) is 0 Å². The molecule has 1 aromatic carbocycles. The molecule has 3 rings (SSSR count). The summed E-state index contributed by atoms with van der Waals surface area (Å²) in [4.78, 5) is 17.0. The van der Waals surface area contributed by atoms with E-state index >= 15 is 0 Å². The summed E-state index contributed by atoms with van der Waals surface area (Å²) in [5.41, 5.74) is 3.34. The van der Waals surface area contributed by atoms with E-state index in [0.717, 1.165) is 25.2 Å². The molecule has 5 nitrogen and oxygen atoms in total. The number of nitrogens with one attached hydrogen (secondary N) is 1. The summed E-state index contributed by atoms with van der Waals surface area (Å²) < 4.78 is 0. The zero-order valence-corrected chi connectivity index (χ0v) is 11.7. The molecule has 108 valence electrons. The van der Waals surface area contributed by atoms with Gasteiger partial charge in [-0.2, -0.15) is 0 Å². The summed E-state index contributed by atoms with van der Waals surface area (Å²) in [5, 5.41) is 0. The van der Waals surface area contributed by atoms with Crippen molar-refractivity contribution in [2.45, 2.75) is 24.9 Å². The van der Waals surface area contributed by atoms with Crippen molar-refractivity contribution in [1.29, 1.82) is 0 Å². The fraction of sp³-hybridized carbons (Fsp3) is 0.533. The van der Waals surface area contributed by atoms with Gasteiger partial charge in [-0.05, 0) is 24.9 Å². The maximum Gasteiger partial charge on any atom is 0.255 e. The van der Waals surface area contributed by atoms with E-state index in [1.807, 2.05) is 30.3 Å². The van der Waals surface area contributed by atoms with Gasteiger partial charge in [0.05, 0.1) is 0 Å². The number of carbonyl (C=O) groups excluding carboxylic acids is 1. The van der Waals surface area contributed by atoms with Crippen molar-refractivity contribution in [3.05, 3.63) is 35.9 Å². The first-order chi connectivity index (χ1) is 9.79. The molecule has 0 spiro atoms. The van der Waals surface area contributed by atoms with E-state index in [0.29, 0.717) is 6.04 Å². The number of hydrogen-bond donors (Lipinski definition) is 2. The molecule has 1 amide bonds. The van der Waals surface area contributed by atoms with Crippen LogP contribution in [0.3, 0.4) is 0 Å². The van der Waals surface area contributed by atoms with Crippen LogP contribution in [0.1, 0.15) is 24.4 Å². The van der Waals surface area contributed by atoms with Gasteiger partial charge in [0.1, 0.15) is 6.04 Å². The normalized spacial score (nSPS) is 25.1. The first-order valence-electron chi connectivity index (χ1n) is 7.33. The summed E-state index contributed by atoms with van der Waals surface area (Å²) in [6.07, 6.45) is 2.51. The third-order valence-electron chi connectivity index (χ3n) is 4.49. The molecular weight excluding hydrogens is 252 g/mol. The second-order valence-corrected chi connectivity index (χ2v) is 5.65. The molecule has 0 aromatic heterocycles. The molecule has 2 fully saturated rings. The molecule has 2 unspecified atom stereocenters. The van der Waals surface area contributed by atoms with Crippen LogP contribution in [-0.2, 0) is 4.79 Å². The molecule has 2 aliphatic rings. The standard InChI is InChI=1S/C15H22N4O/c16-17-15(20)14(12-5-2-1-3-6-12)19-10-9-18-8-4-7-13(18)11-19/h1-3,5-6,13-14H,4,7-11,16H2,(H,17,20). The van der Waals surface area contributed by atoms with Crippen molar-refractivity contribution in [3.8, 4) is 0 Å². The number of nitrogens with zero attached hydrogens (tertiary/aromatic N) is 2. The van der Waals surface area contributed by atoms with Crippen molar-refractivity contribution in [2.75, 3.05) is 26.2 Å². The highest BCUT2D eigenvalue weighted by Crippen LogP contribution is 2.28. The maximum absolute atomic E-state index is 12.2. The lowest BCUT2D eigenvalue weighted by atomic mass is 10.0. The predicted molar refractivity (Wildman–Crippen MR) is 77.7 cm³/mol. The summed E-state index contributed by atoms with van der Waals surface area (Å²) in [6, 6.07) is 10.2. The molecule has 20 heavy (non-hydrogen) atoms. The minimum Gasteiger partial charge on any atom is -0.298 e. The van der Waals surface area contributed by atoms with Crippen LogP contribution >= 0.6 is 0 Å². The quantitative estimate of drug-likeness (QED) is 0.479. The van der Waals surface area contributed by atoms with Crippen LogP contribution in [0.15, 0.2) is 30.3 Å². The Labute approximate surface area is 119 Å². The third kappa shape index (κ3) is 2.57. The van der Waals surface area contributed by atoms with E-state index in [4.69, 9.17) is 5.84 Å². The Hall–Kier alpha value is -1.43. The van der Waals surface area contributed by atoms with Gasteiger partial charge in [0.25, 0.3) is 5.91 Å². The number of hydrogen-bond acceptors (Lipinski definition) is 4. The van der Waals surface area contributed by atoms with E-state index in [2.05, 4.69) is 15.2 Å². The van der Waals surface area contributed by atoms with Crippen LogP contribution in [0.25, 0.3) is 0 Å². The molecule has 0 radical (unpaired) electrons. The minimum atomic E-state index is -0.274. The van der Waals surface area contributed by atoms with Gasteiger partial charge in [-0.1, -0.05) is 30.3 Å². The minimum absolute atomic E-state index is 0.123. The number of fused-ring (bicyclic) bond motifs is 1. The lowest BCUT2D eigenvalue weighted by Crippen LogP contribution is -2.54. The first kappa shape index (κ1) is 13.5. The highest BCUT2D eigenvalue weighted by molar-refractivity contribution is 5.82. The largest absolute Gasteiger partial charge is 0.298 e. The Balaban J connectivity index is 1.81. The van der Waals surface area contributed by atoms with Gasteiger partial charge < -0.3 is 0 Å². The fourth-order valence-corrected chi connectivity index (χ4v) is 3.49. The van der Waals surface area contributed by atoms with Crippen LogP contribution in [0.4, 0.5) is 0 Å². The molecule has 0 saturated carbocycles. The Bertz CT molecular complexity index is 464. The van der Waals surface area contributed by atoms with Gasteiger partial charge in [0.2, 0.25) is 0 Å². The van der Waals surface area contributed by atoms with Crippen molar-refractivity contribution < 1.29 is 4.79 Å². The van der Waals surface area contributed by atoms with Crippen LogP contribution in [0.5, 0.6) is 0 Å². The van der Waals surface area contributed by atoms with Gasteiger partial charge in [0.15, 0.2) is 0 Å². The Kier molecular flexibility index (Phi) is 4.00. The second kappa shape index (κ2) is 5.91. The van der Waals surface area contributed by atoms with Gasteiger partial charge in [-0.3, -0.25) is 20.0 Å². The zero-order valence-electron chi connectivity index (χ0n) is 11.7. The number of carbonyl (C=O) groups is 1. The van der Waals surface area contributed by atoms with E-state index in [1.54, 1.807) is 0 Å². The topological polar surface area (TPSA) is 61.6 Å². The van der Waals surface area contributed by atoms with Gasteiger partial charge in [-0.15, -0.1) is 0 Å². The van der Waals surface area contributed by atoms with Gasteiger partial charge in [0, 0.05) is 25.7 Å². The van der Waals surface area contributed by atoms with Crippen molar-refractivity contribution >= 4 is 5.91 Å². The van der Waals surface area contributed by atoms with Crippen LogP contribution < -0.4 is 11.3 Å². The molecule has 2 saturated heterocycles. The van der Waals surface area contributed by atoms with Gasteiger partial charge >= 0.3 is 0 Å². The SMILES string of the molecule is NNC(=O)C(c1ccccc1)N1CCN2CCCC2C1. The number of nitrogens with two attached hydrogens (primary N) is 1. The molecule has 1 aromatic rings. The van der Waals surface area contributed by atoms with Gasteiger partial charge in [-0.25, -0.2) is 5.84 Å². The number of hydrazine groups is 1. The number of rotatable bonds is 3. The van der Waals surface area contributed by atoms with Crippen LogP contribution in [-0.4, -0.2) is 47.9 Å². The Morgan fingerprint density at radius 2 is 2.05 bits per heavy atom. The van der Waals surface area contributed by atoms with Crippen molar-refractivity contribution in [1.82, 2.24) is 15.2 Å². The highest BCUT2D eigenvalue weighted by Gasteiger charge is 2.36. The van der Waals surface area contributed by atoms with E-state index in [-0.39, 0.29) is 11.9 Å². The summed E-state index contributed by atoms with van der Waals surface area (Å²) in [5.74, 6) is 5.26. The maximum atomic E-state index is 12.2. The smallest absolute Gasteiger partial charge is 0.255 e. The van der Waals surface area contributed by atoms with Crippen LogP contribution in [0, 0.1) is 0 Å². The molecule has 0 aliphatic carbocycles. The number of benzene rings is 1. The monoisotopic (exact) mass is 274 g/mol. The highest BCUT2D eigenvalue weighted by atomic mass is 16.2. The summed E-state index contributed by atoms with van der Waals surface area (Å²) in [6.45, 7) is 4.12. The number of piperazine rings is 1. The summed E-state index contributed by atoms with van der Waals surface area (Å²) in [7, 11) is 0. The number of amides is 1.